The summed E-state index contributed by atoms with van der Waals surface area (Å²) in [5.74, 6) is 0.705. The molecule has 3 heteroatoms. The van der Waals surface area contributed by atoms with E-state index < -0.39 is 0 Å². The molecule has 0 spiro atoms. The zero-order chi connectivity index (χ0) is 14.8. The summed E-state index contributed by atoms with van der Waals surface area (Å²) in [6.07, 6.45) is 3.43. The fourth-order valence-corrected chi connectivity index (χ4v) is 3.14. The lowest BCUT2D eigenvalue weighted by molar-refractivity contribution is 0.173. The van der Waals surface area contributed by atoms with Crippen LogP contribution in [0.4, 0.5) is 0 Å². The summed E-state index contributed by atoms with van der Waals surface area (Å²) in [5, 5.41) is 0. The molecular weight excluding hydrogens is 260 g/mol. The minimum atomic E-state index is 0.0916. The second-order valence-corrected chi connectivity index (χ2v) is 5.77. The third-order valence-corrected chi connectivity index (χ3v) is 4.21. The minimum Gasteiger partial charge on any atom is -0.469 e. The summed E-state index contributed by atoms with van der Waals surface area (Å²) in [6, 6.07) is 10.6. The summed E-state index contributed by atoms with van der Waals surface area (Å²) in [5.41, 5.74) is 11.7. The van der Waals surface area contributed by atoms with Crippen LogP contribution >= 0.6 is 0 Å². The Balaban J connectivity index is 1.95. The quantitative estimate of drug-likeness (QED) is 0.935. The summed E-state index contributed by atoms with van der Waals surface area (Å²) < 4.78 is 6.27. The third-order valence-electron chi connectivity index (χ3n) is 4.21. The molecule has 2 aromatic rings. The molecule has 0 saturated carbocycles. The van der Waals surface area contributed by atoms with E-state index in [0.29, 0.717) is 12.4 Å². The van der Waals surface area contributed by atoms with Gasteiger partial charge in [-0.05, 0) is 55.9 Å². The molecule has 21 heavy (non-hydrogen) atoms. The highest BCUT2D eigenvalue weighted by molar-refractivity contribution is 5.37. The Morgan fingerprint density at radius 2 is 2.10 bits per heavy atom. The Morgan fingerprint density at radius 1 is 1.29 bits per heavy atom. The molecule has 0 fully saturated rings. The standard InChI is InChI=1S/C18H22N2O/c1-12-10-13(2)20-18(16(12)11-19)21-17-9-5-7-14-6-3-4-8-15(14)17/h3-4,6,8,10,17H,5,7,9,11,19H2,1-2H3. The van der Waals surface area contributed by atoms with E-state index in [0.717, 1.165) is 36.1 Å². The molecule has 1 aliphatic rings. The number of aromatic nitrogens is 1. The number of ether oxygens (including phenoxy) is 1. The van der Waals surface area contributed by atoms with Crippen molar-refractivity contribution >= 4 is 0 Å². The number of aryl methyl sites for hydroxylation is 3. The summed E-state index contributed by atoms with van der Waals surface area (Å²) in [6.45, 7) is 4.52. The maximum atomic E-state index is 6.27. The normalized spacial score (nSPS) is 17.4. The van der Waals surface area contributed by atoms with Crippen molar-refractivity contribution in [1.29, 1.82) is 0 Å². The van der Waals surface area contributed by atoms with Gasteiger partial charge in [-0.15, -0.1) is 0 Å². The van der Waals surface area contributed by atoms with Crippen molar-refractivity contribution in [3.05, 3.63) is 58.3 Å². The number of hydrogen-bond donors (Lipinski definition) is 1. The van der Waals surface area contributed by atoms with Crippen molar-refractivity contribution in [2.24, 2.45) is 5.73 Å². The fraction of sp³-hybridized carbons (Fsp3) is 0.389. The first-order valence-corrected chi connectivity index (χ1v) is 7.60. The van der Waals surface area contributed by atoms with Gasteiger partial charge in [0.25, 0.3) is 0 Å². The number of nitrogens with zero attached hydrogens (tertiary/aromatic N) is 1. The molecule has 2 N–H and O–H groups in total. The SMILES string of the molecule is Cc1cc(C)c(CN)c(OC2CCCc3ccccc32)n1. The number of hydrogen-bond acceptors (Lipinski definition) is 3. The average Bonchev–Trinajstić information content (AvgIpc) is 2.47. The minimum absolute atomic E-state index is 0.0916. The van der Waals surface area contributed by atoms with E-state index in [-0.39, 0.29) is 6.10 Å². The van der Waals surface area contributed by atoms with E-state index in [1.165, 1.54) is 11.1 Å². The molecule has 0 bridgehead atoms. The van der Waals surface area contributed by atoms with Crippen LogP contribution in [0.15, 0.2) is 30.3 Å². The van der Waals surface area contributed by atoms with E-state index in [9.17, 15) is 0 Å². The zero-order valence-corrected chi connectivity index (χ0v) is 12.7. The second-order valence-electron chi connectivity index (χ2n) is 5.77. The fourth-order valence-electron chi connectivity index (χ4n) is 3.14. The Bertz CT molecular complexity index is 652. The summed E-state index contributed by atoms with van der Waals surface area (Å²) in [7, 11) is 0. The molecule has 1 heterocycles. The van der Waals surface area contributed by atoms with Crippen molar-refractivity contribution in [1.82, 2.24) is 4.98 Å². The molecule has 0 radical (unpaired) electrons. The highest BCUT2D eigenvalue weighted by Crippen LogP contribution is 2.34. The van der Waals surface area contributed by atoms with Gasteiger partial charge in [-0.25, -0.2) is 4.98 Å². The molecule has 0 aliphatic heterocycles. The first-order valence-electron chi connectivity index (χ1n) is 7.60. The van der Waals surface area contributed by atoms with E-state index in [4.69, 9.17) is 10.5 Å². The van der Waals surface area contributed by atoms with Crippen LogP contribution in [-0.2, 0) is 13.0 Å². The van der Waals surface area contributed by atoms with Crippen molar-refractivity contribution in [3.8, 4) is 5.88 Å². The van der Waals surface area contributed by atoms with Crippen LogP contribution in [0.3, 0.4) is 0 Å². The summed E-state index contributed by atoms with van der Waals surface area (Å²) in [4.78, 5) is 4.57. The predicted octanol–water partition coefficient (Wildman–Crippen LogP) is 3.61. The van der Waals surface area contributed by atoms with Crippen molar-refractivity contribution in [3.63, 3.8) is 0 Å². The first kappa shape index (κ1) is 14.1. The molecule has 0 amide bonds. The molecule has 3 rings (SSSR count). The molecule has 110 valence electrons. The van der Waals surface area contributed by atoms with Crippen LogP contribution in [-0.4, -0.2) is 4.98 Å². The Hall–Kier alpha value is -1.87. The number of nitrogens with two attached hydrogens (primary N) is 1. The molecule has 1 aromatic heterocycles. The third kappa shape index (κ3) is 2.79. The average molecular weight is 282 g/mol. The van der Waals surface area contributed by atoms with Crippen LogP contribution in [0.2, 0.25) is 0 Å². The van der Waals surface area contributed by atoms with Crippen LogP contribution < -0.4 is 10.5 Å². The smallest absolute Gasteiger partial charge is 0.218 e. The summed E-state index contributed by atoms with van der Waals surface area (Å²) >= 11 is 0. The predicted molar refractivity (Wildman–Crippen MR) is 84.4 cm³/mol. The monoisotopic (exact) mass is 282 g/mol. The van der Waals surface area contributed by atoms with Gasteiger partial charge in [0, 0.05) is 17.8 Å². The van der Waals surface area contributed by atoms with Crippen LogP contribution in [0, 0.1) is 13.8 Å². The lowest BCUT2D eigenvalue weighted by Crippen LogP contribution is -2.17. The van der Waals surface area contributed by atoms with Gasteiger partial charge in [0.15, 0.2) is 0 Å². The lowest BCUT2D eigenvalue weighted by Gasteiger charge is -2.27. The highest BCUT2D eigenvalue weighted by Gasteiger charge is 2.23. The maximum Gasteiger partial charge on any atom is 0.218 e. The van der Waals surface area contributed by atoms with Crippen molar-refractivity contribution in [2.45, 2.75) is 45.8 Å². The maximum absolute atomic E-state index is 6.27. The molecule has 1 aliphatic carbocycles. The van der Waals surface area contributed by atoms with Gasteiger partial charge in [0.05, 0.1) is 0 Å². The number of benzene rings is 1. The number of pyridine rings is 1. The topological polar surface area (TPSA) is 48.1 Å². The van der Waals surface area contributed by atoms with Crippen molar-refractivity contribution < 1.29 is 4.74 Å². The van der Waals surface area contributed by atoms with Crippen molar-refractivity contribution in [2.75, 3.05) is 0 Å². The van der Waals surface area contributed by atoms with Gasteiger partial charge in [-0.2, -0.15) is 0 Å². The lowest BCUT2D eigenvalue weighted by atomic mass is 9.89. The second kappa shape index (κ2) is 5.86. The molecular formula is C18H22N2O. The van der Waals surface area contributed by atoms with E-state index in [1.54, 1.807) is 0 Å². The van der Waals surface area contributed by atoms with Gasteiger partial charge in [0.1, 0.15) is 6.10 Å². The molecule has 1 aromatic carbocycles. The molecule has 1 atom stereocenters. The Kier molecular flexibility index (Phi) is 3.93. The van der Waals surface area contributed by atoms with Crippen LogP contribution in [0.1, 0.15) is 46.9 Å². The largest absolute Gasteiger partial charge is 0.469 e. The molecule has 0 saturated heterocycles. The van der Waals surface area contributed by atoms with Gasteiger partial charge in [-0.3, -0.25) is 0 Å². The number of fused-ring (bicyclic) bond motifs is 1. The molecule has 3 nitrogen and oxygen atoms in total. The van der Waals surface area contributed by atoms with Crippen LogP contribution in [0.5, 0.6) is 5.88 Å². The number of rotatable bonds is 3. The van der Waals surface area contributed by atoms with Crippen LogP contribution in [0.25, 0.3) is 0 Å². The van der Waals surface area contributed by atoms with Gasteiger partial charge in [-0.1, -0.05) is 24.3 Å². The Morgan fingerprint density at radius 3 is 2.90 bits per heavy atom. The highest BCUT2D eigenvalue weighted by atomic mass is 16.5. The van der Waals surface area contributed by atoms with Gasteiger partial charge < -0.3 is 10.5 Å². The first-order chi connectivity index (χ1) is 10.2. The van der Waals surface area contributed by atoms with E-state index in [2.05, 4.69) is 42.2 Å². The van der Waals surface area contributed by atoms with E-state index >= 15 is 0 Å². The zero-order valence-electron chi connectivity index (χ0n) is 12.7. The van der Waals surface area contributed by atoms with Gasteiger partial charge in [0.2, 0.25) is 5.88 Å². The molecule has 1 unspecified atom stereocenters. The Labute approximate surface area is 126 Å². The van der Waals surface area contributed by atoms with E-state index in [1.807, 2.05) is 6.92 Å². The van der Waals surface area contributed by atoms with Gasteiger partial charge >= 0.3 is 0 Å².